The van der Waals surface area contributed by atoms with Crippen LogP contribution in [0.1, 0.15) is 15.9 Å². The van der Waals surface area contributed by atoms with Gasteiger partial charge < -0.3 is 10.1 Å². The molecule has 2 aromatic carbocycles. The molecule has 6 nitrogen and oxygen atoms in total. The quantitative estimate of drug-likeness (QED) is 0.844. The molecule has 138 valence electrons. The number of hydrogen-bond acceptors (Lipinski definition) is 4. The average Bonchev–Trinajstić information content (AvgIpc) is 2.67. The molecule has 0 spiro atoms. The lowest BCUT2D eigenvalue weighted by molar-refractivity contribution is 0.0730. The monoisotopic (exact) mass is 394 g/mol. The van der Waals surface area contributed by atoms with Crippen LogP contribution in [0.5, 0.6) is 0 Å². The highest BCUT2D eigenvalue weighted by molar-refractivity contribution is 7.89. The zero-order chi connectivity index (χ0) is 18.6. The zero-order valence-electron chi connectivity index (χ0n) is 14.0. The van der Waals surface area contributed by atoms with E-state index in [1.54, 1.807) is 30.3 Å². The van der Waals surface area contributed by atoms with Crippen molar-refractivity contribution in [3.8, 4) is 0 Å². The molecule has 0 atom stereocenters. The number of sulfonamides is 1. The molecule has 2 aromatic rings. The van der Waals surface area contributed by atoms with Crippen LogP contribution in [0, 0.1) is 0 Å². The summed E-state index contributed by atoms with van der Waals surface area (Å²) in [5.41, 5.74) is 0.959. The molecular weight excluding hydrogens is 376 g/mol. The van der Waals surface area contributed by atoms with E-state index in [2.05, 4.69) is 5.32 Å². The smallest absolute Gasteiger partial charge is 0.252 e. The summed E-state index contributed by atoms with van der Waals surface area (Å²) in [6.45, 7) is 1.51. The van der Waals surface area contributed by atoms with Crippen LogP contribution in [-0.4, -0.2) is 44.9 Å². The molecule has 0 aliphatic carbocycles. The SMILES string of the molecule is O=C(NCc1cccc(Cl)c1)c1ccccc1S(=O)(=O)N1CCOCC1. The van der Waals surface area contributed by atoms with Gasteiger partial charge in [-0.2, -0.15) is 4.31 Å². The van der Waals surface area contributed by atoms with E-state index < -0.39 is 15.9 Å². The Balaban J connectivity index is 1.81. The summed E-state index contributed by atoms with van der Waals surface area (Å²) in [6, 6.07) is 13.4. The van der Waals surface area contributed by atoms with Gasteiger partial charge in [0.15, 0.2) is 0 Å². The first-order valence-corrected chi connectivity index (χ1v) is 10.00. The number of nitrogens with one attached hydrogen (secondary N) is 1. The molecule has 1 aliphatic heterocycles. The molecule has 0 radical (unpaired) electrons. The van der Waals surface area contributed by atoms with Crippen LogP contribution >= 0.6 is 11.6 Å². The number of nitrogens with zero attached hydrogens (tertiary/aromatic N) is 1. The highest BCUT2D eigenvalue weighted by Gasteiger charge is 2.29. The topological polar surface area (TPSA) is 75.7 Å². The third-order valence-electron chi connectivity index (χ3n) is 4.06. The molecule has 1 saturated heterocycles. The Bertz CT molecular complexity index is 896. The normalized spacial score (nSPS) is 15.6. The van der Waals surface area contributed by atoms with E-state index in [4.69, 9.17) is 16.3 Å². The first-order chi connectivity index (χ1) is 12.5. The Morgan fingerprint density at radius 2 is 1.85 bits per heavy atom. The van der Waals surface area contributed by atoms with Crippen molar-refractivity contribution in [3.63, 3.8) is 0 Å². The van der Waals surface area contributed by atoms with Crippen molar-refractivity contribution in [2.45, 2.75) is 11.4 Å². The number of benzene rings is 2. The highest BCUT2D eigenvalue weighted by atomic mass is 35.5. The van der Waals surface area contributed by atoms with Crippen molar-refractivity contribution in [1.82, 2.24) is 9.62 Å². The summed E-state index contributed by atoms with van der Waals surface area (Å²) in [6.07, 6.45) is 0. The van der Waals surface area contributed by atoms with E-state index in [9.17, 15) is 13.2 Å². The molecule has 8 heteroatoms. The lowest BCUT2D eigenvalue weighted by Crippen LogP contribution is -2.41. The zero-order valence-corrected chi connectivity index (χ0v) is 15.6. The third-order valence-corrected chi connectivity index (χ3v) is 6.25. The van der Waals surface area contributed by atoms with E-state index in [1.807, 2.05) is 6.07 Å². The Morgan fingerprint density at radius 1 is 1.12 bits per heavy atom. The number of carbonyl (C=O) groups excluding carboxylic acids is 1. The van der Waals surface area contributed by atoms with Gasteiger partial charge in [-0.1, -0.05) is 35.9 Å². The molecule has 1 N–H and O–H groups in total. The van der Waals surface area contributed by atoms with E-state index in [-0.39, 0.29) is 30.1 Å². The fourth-order valence-corrected chi connectivity index (χ4v) is 4.54. The summed E-state index contributed by atoms with van der Waals surface area (Å²) in [4.78, 5) is 12.6. The molecule has 0 bridgehead atoms. The molecule has 26 heavy (non-hydrogen) atoms. The second-order valence-electron chi connectivity index (χ2n) is 5.83. The number of halogens is 1. The maximum absolute atomic E-state index is 12.9. The molecule has 1 fully saturated rings. The lowest BCUT2D eigenvalue weighted by atomic mass is 10.2. The minimum Gasteiger partial charge on any atom is -0.379 e. The predicted octanol–water partition coefficient (Wildman–Crippen LogP) is 2.29. The first-order valence-electron chi connectivity index (χ1n) is 8.18. The van der Waals surface area contributed by atoms with Gasteiger partial charge in [-0.15, -0.1) is 0 Å². The molecule has 3 rings (SSSR count). The van der Waals surface area contributed by atoms with Gasteiger partial charge in [-0.25, -0.2) is 8.42 Å². The van der Waals surface area contributed by atoms with Crippen LogP contribution in [0.15, 0.2) is 53.4 Å². The summed E-state index contributed by atoms with van der Waals surface area (Å²) >= 11 is 5.94. The van der Waals surface area contributed by atoms with Crippen molar-refractivity contribution in [3.05, 3.63) is 64.7 Å². The van der Waals surface area contributed by atoms with E-state index in [0.717, 1.165) is 5.56 Å². The Labute approximate surface area is 157 Å². The predicted molar refractivity (Wildman–Crippen MR) is 98.6 cm³/mol. The number of ether oxygens (including phenoxy) is 1. The van der Waals surface area contributed by atoms with Crippen molar-refractivity contribution in [1.29, 1.82) is 0 Å². The van der Waals surface area contributed by atoms with Gasteiger partial charge in [0.2, 0.25) is 10.0 Å². The molecule has 1 heterocycles. The number of hydrogen-bond donors (Lipinski definition) is 1. The summed E-state index contributed by atoms with van der Waals surface area (Å²) in [5.74, 6) is -0.447. The van der Waals surface area contributed by atoms with Crippen LogP contribution in [0.2, 0.25) is 5.02 Å². The van der Waals surface area contributed by atoms with E-state index in [1.165, 1.54) is 16.4 Å². The lowest BCUT2D eigenvalue weighted by Gasteiger charge is -2.26. The van der Waals surface area contributed by atoms with Gasteiger partial charge in [0.25, 0.3) is 5.91 Å². The molecule has 0 aromatic heterocycles. The standard InChI is InChI=1S/C18H19ClN2O4S/c19-15-5-3-4-14(12-15)13-20-18(22)16-6-1-2-7-17(16)26(23,24)21-8-10-25-11-9-21/h1-7,12H,8-11,13H2,(H,20,22). The van der Waals surface area contributed by atoms with Crippen LogP contribution < -0.4 is 5.32 Å². The van der Waals surface area contributed by atoms with Gasteiger partial charge in [0.05, 0.1) is 23.7 Å². The maximum Gasteiger partial charge on any atom is 0.252 e. The molecule has 0 unspecified atom stereocenters. The molecular formula is C18H19ClN2O4S. The summed E-state index contributed by atoms with van der Waals surface area (Å²) in [5, 5.41) is 3.33. The molecule has 1 amide bonds. The number of morpholine rings is 1. The largest absolute Gasteiger partial charge is 0.379 e. The van der Waals surface area contributed by atoms with E-state index in [0.29, 0.717) is 18.2 Å². The number of amides is 1. The first kappa shape index (κ1) is 18.8. The van der Waals surface area contributed by atoms with Crippen LogP contribution in [-0.2, 0) is 21.3 Å². The third kappa shape index (κ3) is 4.24. The highest BCUT2D eigenvalue weighted by Crippen LogP contribution is 2.21. The summed E-state index contributed by atoms with van der Waals surface area (Å²) < 4.78 is 32.4. The van der Waals surface area contributed by atoms with Crippen LogP contribution in [0.4, 0.5) is 0 Å². The molecule has 1 aliphatic rings. The van der Waals surface area contributed by atoms with Gasteiger partial charge in [0.1, 0.15) is 0 Å². The molecule has 0 saturated carbocycles. The van der Waals surface area contributed by atoms with E-state index >= 15 is 0 Å². The van der Waals surface area contributed by atoms with Crippen molar-refractivity contribution in [2.24, 2.45) is 0 Å². The second kappa shape index (κ2) is 8.18. The minimum absolute atomic E-state index is 0.00509. The fraction of sp³-hybridized carbons (Fsp3) is 0.278. The van der Waals surface area contributed by atoms with Crippen molar-refractivity contribution >= 4 is 27.5 Å². The van der Waals surface area contributed by atoms with Gasteiger partial charge in [0, 0.05) is 24.7 Å². The van der Waals surface area contributed by atoms with Crippen LogP contribution in [0.3, 0.4) is 0 Å². The van der Waals surface area contributed by atoms with Gasteiger partial charge in [-0.3, -0.25) is 4.79 Å². The maximum atomic E-state index is 12.9. The Hall–Kier alpha value is -1.93. The number of carbonyl (C=O) groups is 1. The van der Waals surface area contributed by atoms with Crippen molar-refractivity contribution in [2.75, 3.05) is 26.3 Å². The number of rotatable bonds is 5. The van der Waals surface area contributed by atoms with Crippen LogP contribution in [0.25, 0.3) is 0 Å². The average molecular weight is 395 g/mol. The minimum atomic E-state index is -3.76. The van der Waals surface area contributed by atoms with Gasteiger partial charge in [-0.05, 0) is 29.8 Å². The van der Waals surface area contributed by atoms with Crippen molar-refractivity contribution < 1.29 is 17.9 Å². The Kier molecular flexibility index (Phi) is 5.93. The fourth-order valence-electron chi connectivity index (χ4n) is 2.73. The Morgan fingerprint density at radius 3 is 2.58 bits per heavy atom. The van der Waals surface area contributed by atoms with Gasteiger partial charge >= 0.3 is 0 Å². The second-order valence-corrected chi connectivity index (χ2v) is 8.17. The summed E-state index contributed by atoms with van der Waals surface area (Å²) in [7, 11) is -3.76.